The zero-order valence-electron chi connectivity index (χ0n) is 14.8. The van der Waals surface area contributed by atoms with Crippen LogP contribution in [0.2, 0.25) is 0 Å². The number of hydrogen-bond donors (Lipinski definition) is 0. The molecule has 0 aliphatic heterocycles. The fourth-order valence-corrected chi connectivity index (χ4v) is 4.01. The molecule has 0 bridgehead atoms. The van der Waals surface area contributed by atoms with Crippen LogP contribution in [-0.4, -0.2) is 37.9 Å². The maximum Gasteiger partial charge on any atom is 0.326 e. The molecule has 12 heteroatoms. The van der Waals surface area contributed by atoms with Gasteiger partial charge in [-0.1, -0.05) is 12.1 Å². The number of hydrogen-bond acceptors (Lipinski definition) is 8. The Kier molecular flexibility index (Phi) is 5.93. The highest BCUT2D eigenvalue weighted by molar-refractivity contribution is 7.93. The molecule has 0 amide bonds. The molecule has 0 atom stereocenters. The number of nitro groups is 2. The first-order valence-corrected chi connectivity index (χ1v) is 9.11. The molecule has 0 saturated carbocycles. The highest BCUT2D eigenvalue weighted by atomic mass is 32.2. The maximum atomic E-state index is 13.2. The van der Waals surface area contributed by atoms with Crippen molar-refractivity contribution in [1.82, 2.24) is 0 Å². The number of nitrogens with zero attached hydrogens (tertiary/aromatic N) is 3. The molecule has 0 radical (unpaired) electrons. The summed E-state index contributed by atoms with van der Waals surface area (Å²) < 4.78 is 31.5. The maximum absolute atomic E-state index is 13.2. The number of esters is 1. The molecule has 0 spiro atoms. The van der Waals surface area contributed by atoms with Crippen molar-refractivity contribution in [3.63, 3.8) is 0 Å². The molecule has 0 N–H and O–H groups in total. The summed E-state index contributed by atoms with van der Waals surface area (Å²) in [5, 5.41) is 22.0. The Morgan fingerprint density at radius 2 is 1.68 bits per heavy atom. The average Bonchev–Trinajstić information content (AvgIpc) is 2.65. The number of sulfonamides is 1. The third-order valence-electron chi connectivity index (χ3n) is 3.78. The van der Waals surface area contributed by atoms with Crippen molar-refractivity contribution in [2.45, 2.75) is 11.8 Å². The number of anilines is 1. The minimum Gasteiger partial charge on any atom is -0.468 e. The Hall–Kier alpha value is -3.54. The van der Waals surface area contributed by atoms with E-state index in [1.807, 2.05) is 0 Å². The quantitative estimate of drug-likeness (QED) is 0.383. The van der Waals surface area contributed by atoms with Crippen LogP contribution in [0.25, 0.3) is 0 Å². The number of ether oxygens (including phenoxy) is 1. The van der Waals surface area contributed by atoms with Gasteiger partial charge in [0, 0.05) is 24.3 Å². The Balaban J connectivity index is 2.68. The highest BCUT2D eigenvalue weighted by Crippen LogP contribution is 2.30. The van der Waals surface area contributed by atoms with Crippen molar-refractivity contribution in [1.29, 1.82) is 0 Å². The van der Waals surface area contributed by atoms with E-state index < -0.39 is 48.7 Å². The zero-order valence-corrected chi connectivity index (χ0v) is 15.6. The second-order valence-corrected chi connectivity index (χ2v) is 7.40. The second kappa shape index (κ2) is 8.00. The number of methoxy groups -OCH3 is 1. The van der Waals surface area contributed by atoms with Crippen LogP contribution >= 0.6 is 0 Å². The third-order valence-corrected chi connectivity index (χ3v) is 5.70. The molecule has 2 aromatic carbocycles. The highest BCUT2D eigenvalue weighted by Gasteiger charge is 2.31. The van der Waals surface area contributed by atoms with E-state index in [1.165, 1.54) is 25.1 Å². The molecule has 2 rings (SSSR count). The van der Waals surface area contributed by atoms with Gasteiger partial charge >= 0.3 is 5.97 Å². The molecule has 0 aliphatic carbocycles. The number of benzene rings is 2. The van der Waals surface area contributed by atoms with Gasteiger partial charge in [-0.2, -0.15) is 0 Å². The minimum absolute atomic E-state index is 0.162. The molecule has 0 aromatic heterocycles. The summed E-state index contributed by atoms with van der Waals surface area (Å²) >= 11 is 0. The van der Waals surface area contributed by atoms with E-state index in [-0.39, 0.29) is 11.3 Å². The fraction of sp³-hybridized carbons (Fsp3) is 0.188. The minimum atomic E-state index is -4.48. The van der Waals surface area contributed by atoms with E-state index in [0.29, 0.717) is 4.31 Å². The van der Waals surface area contributed by atoms with Gasteiger partial charge in [0.25, 0.3) is 21.4 Å². The number of nitro benzene ring substituents is 2. The van der Waals surface area contributed by atoms with Crippen LogP contribution in [-0.2, 0) is 19.6 Å². The van der Waals surface area contributed by atoms with Gasteiger partial charge in [-0.05, 0) is 18.6 Å². The largest absolute Gasteiger partial charge is 0.468 e. The summed E-state index contributed by atoms with van der Waals surface area (Å²) in [7, 11) is -3.43. The van der Waals surface area contributed by atoms with Crippen LogP contribution in [0.1, 0.15) is 5.56 Å². The summed E-state index contributed by atoms with van der Waals surface area (Å²) in [6.07, 6.45) is 0. The van der Waals surface area contributed by atoms with Gasteiger partial charge in [-0.25, -0.2) is 8.42 Å². The summed E-state index contributed by atoms with van der Waals surface area (Å²) in [5.41, 5.74) is -0.809. The number of carbonyl (C=O) groups is 1. The van der Waals surface area contributed by atoms with Crippen molar-refractivity contribution < 1.29 is 27.8 Å². The predicted octanol–water partition coefficient (Wildman–Crippen LogP) is 2.18. The summed E-state index contributed by atoms with van der Waals surface area (Å²) in [6, 6.07) is 7.93. The molecule has 28 heavy (non-hydrogen) atoms. The van der Waals surface area contributed by atoms with E-state index in [0.717, 1.165) is 31.4 Å². The number of non-ortho nitro benzene ring substituents is 2. The lowest BCUT2D eigenvalue weighted by atomic mass is 10.2. The van der Waals surface area contributed by atoms with E-state index >= 15 is 0 Å². The van der Waals surface area contributed by atoms with Crippen molar-refractivity contribution in [3.05, 3.63) is 68.3 Å². The molecule has 0 fully saturated rings. The molecule has 0 saturated heterocycles. The Labute approximate surface area is 159 Å². The smallest absolute Gasteiger partial charge is 0.326 e. The monoisotopic (exact) mass is 409 g/mol. The molecule has 2 aromatic rings. The average molecular weight is 409 g/mol. The zero-order chi connectivity index (χ0) is 21.1. The second-order valence-electron chi connectivity index (χ2n) is 5.57. The van der Waals surface area contributed by atoms with Gasteiger partial charge in [0.15, 0.2) is 0 Å². The van der Waals surface area contributed by atoms with Crippen molar-refractivity contribution in [2.24, 2.45) is 0 Å². The molecule has 0 aliphatic rings. The molecule has 148 valence electrons. The van der Waals surface area contributed by atoms with Gasteiger partial charge in [-0.3, -0.25) is 29.3 Å². The van der Waals surface area contributed by atoms with Crippen LogP contribution in [0.5, 0.6) is 0 Å². The summed E-state index contributed by atoms with van der Waals surface area (Å²) in [6.45, 7) is 0.655. The van der Waals surface area contributed by atoms with Gasteiger partial charge < -0.3 is 4.74 Å². The lowest BCUT2D eigenvalue weighted by molar-refractivity contribution is -0.385. The summed E-state index contributed by atoms with van der Waals surface area (Å²) in [4.78, 5) is 31.9. The molecule has 11 nitrogen and oxygen atoms in total. The first-order valence-electron chi connectivity index (χ1n) is 7.67. The topological polar surface area (TPSA) is 150 Å². The van der Waals surface area contributed by atoms with Gasteiger partial charge in [0.2, 0.25) is 0 Å². The van der Waals surface area contributed by atoms with Crippen molar-refractivity contribution in [2.75, 3.05) is 18.0 Å². The van der Waals surface area contributed by atoms with Crippen molar-refractivity contribution >= 4 is 33.1 Å². The van der Waals surface area contributed by atoms with Crippen LogP contribution in [0.3, 0.4) is 0 Å². The lowest BCUT2D eigenvalue weighted by Crippen LogP contribution is -2.36. The van der Waals surface area contributed by atoms with Gasteiger partial charge in [0.05, 0.1) is 27.5 Å². The van der Waals surface area contributed by atoms with Crippen LogP contribution < -0.4 is 4.31 Å². The normalized spacial score (nSPS) is 10.9. The number of rotatable bonds is 7. The van der Waals surface area contributed by atoms with E-state index in [9.17, 15) is 33.4 Å². The van der Waals surface area contributed by atoms with Crippen LogP contribution in [0.4, 0.5) is 17.1 Å². The molecule has 0 heterocycles. The third kappa shape index (κ3) is 4.23. The Morgan fingerprint density at radius 1 is 1.07 bits per heavy atom. The predicted molar refractivity (Wildman–Crippen MR) is 97.5 cm³/mol. The first kappa shape index (κ1) is 20.8. The van der Waals surface area contributed by atoms with Gasteiger partial charge in [-0.15, -0.1) is 0 Å². The molecular formula is C16H15N3O8S. The van der Waals surface area contributed by atoms with Crippen LogP contribution in [0, 0.1) is 27.2 Å². The van der Waals surface area contributed by atoms with Crippen LogP contribution in [0.15, 0.2) is 47.4 Å². The van der Waals surface area contributed by atoms with Crippen molar-refractivity contribution in [3.8, 4) is 0 Å². The number of aryl methyl sites for hydroxylation is 1. The first-order chi connectivity index (χ1) is 13.1. The van der Waals surface area contributed by atoms with E-state index in [2.05, 4.69) is 4.74 Å². The summed E-state index contributed by atoms with van der Waals surface area (Å²) in [5.74, 6) is -0.918. The molecular weight excluding hydrogens is 394 g/mol. The Bertz CT molecular complexity index is 1050. The lowest BCUT2D eigenvalue weighted by Gasteiger charge is -2.24. The Morgan fingerprint density at radius 3 is 2.25 bits per heavy atom. The standard InChI is InChI=1S/C16H15N3O8S/c1-11-6-7-14(19(23)24)9-15(11)28(25,26)17(10-16(20)27-2)12-4-3-5-13(8-12)18(21)22/h3-9H,10H2,1-2H3. The molecule has 0 unspecified atom stereocenters. The van der Waals surface area contributed by atoms with E-state index in [1.54, 1.807) is 0 Å². The van der Waals surface area contributed by atoms with E-state index in [4.69, 9.17) is 0 Å². The number of carbonyl (C=O) groups excluding carboxylic acids is 1. The SMILES string of the molecule is COC(=O)CN(c1cccc([N+](=O)[O-])c1)S(=O)(=O)c1cc([N+](=O)[O-])ccc1C. The fourth-order valence-electron chi connectivity index (χ4n) is 2.36. The van der Waals surface area contributed by atoms with Gasteiger partial charge in [0.1, 0.15) is 6.54 Å².